The second-order valence-electron chi connectivity index (χ2n) is 6.68. The molecule has 1 fully saturated rings. The molecule has 1 aliphatic rings. The van der Waals surface area contributed by atoms with Gasteiger partial charge in [-0.2, -0.15) is 0 Å². The minimum Gasteiger partial charge on any atom is -0.508 e. The van der Waals surface area contributed by atoms with E-state index >= 15 is 0 Å². The van der Waals surface area contributed by atoms with Gasteiger partial charge in [0.1, 0.15) is 5.75 Å². The molecule has 138 valence electrons. The van der Waals surface area contributed by atoms with Crippen LogP contribution in [0.15, 0.2) is 47.4 Å². The molecule has 6 nitrogen and oxygen atoms in total. The third-order valence-corrected chi connectivity index (χ3v) is 5.94. The highest BCUT2D eigenvalue weighted by Gasteiger charge is 2.25. The highest BCUT2D eigenvalue weighted by atomic mass is 32.2. The number of carbonyl (C=O) groups excluding carboxylic acids is 1. The number of aryl methyl sites for hydroxylation is 1. The van der Waals surface area contributed by atoms with Crippen LogP contribution >= 0.6 is 0 Å². The van der Waals surface area contributed by atoms with E-state index in [-0.39, 0.29) is 16.6 Å². The minimum absolute atomic E-state index is 0.0117. The van der Waals surface area contributed by atoms with Crippen molar-refractivity contribution in [2.24, 2.45) is 5.14 Å². The number of rotatable bonds is 3. The van der Waals surface area contributed by atoms with Gasteiger partial charge >= 0.3 is 0 Å². The molecule has 3 N–H and O–H groups in total. The van der Waals surface area contributed by atoms with Crippen LogP contribution in [0, 0.1) is 6.92 Å². The Hall–Kier alpha value is -2.38. The van der Waals surface area contributed by atoms with E-state index in [9.17, 15) is 18.3 Å². The predicted molar refractivity (Wildman–Crippen MR) is 98.5 cm³/mol. The molecular formula is C19H22N2O4S. The summed E-state index contributed by atoms with van der Waals surface area (Å²) in [5.41, 5.74) is 2.01. The van der Waals surface area contributed by atoms with Crippen LogP contribution < -0.4 is 5.14 Å². The normalized spacial score (nSPS) is 15.8. The van der Waals surface area contributed by atoms with Crippen molar-refractivity contribution >= 4 is 15.9 Å². The van der Waals surface area contributed by atoms with Crippen LogP contribution in [0.2, 0.25) is 0 Å². The van der Waals surface area contributed by atoms with Crippen LogP contribution in [-0.4, -0.2) is 37.4 Å². The quantitative estimate of drug-likeness (QED) is 0.861. The van der Waals surface area contributed by atoms with Crippen LogP contribution in [0.1, 0.15) is 40.2 Å². The van der Waals surface area contributed by atoms with Gasteiger partial charge in [-0.25, -0.2) is 13.6 Å². The van der Waals surface area contributed by atoms with Gasteiger partial charge in [0.05, 0.1) is 4.90 Å². The Balaban J connectivity index is 1.72. The Morgan fingerprint density at radius 3 is 2.31 bits per heavy atom. The molecule has 0 bridgehead atoms. The van der Waals surface area contributed by atoms with Crippen molar-refractivity contribution in [3.63, 3.8) is 0 Å². The molecule has 3 rings (SSSR count). The van der Waals surface area contributed by atoms with Crippen LogP contribution in [0.25, 0.3) is 0 Å². The average Bonchev–Trinajstić information content (AvgIpc) is 2.61. The Bertz CT molecular complexity index is 915. The predicted octanol–water partition coefficient (Wildman–Crippen LogP) is 2.37. The molecule has 1 heterocycles. The summed E-state index contributed by atoms with van der Waals surface area (Å²) < 4.78 is 23.3. The summed E-state index contributed by atoms with van der Waals surface area (Å²) in [5, 5.41) is 14.6. The molecular weight excluding hydrogens is 352 g/mol. The lowest BCUT2D eigenvalue weighted by Gasteiger charge is -2.32. The number of aromatic hydroxyl groups is 1. The number of hydrogen-bond donors (Lipinski definition) is 2. The fourth-order valence-corrected chi connectivity index (χ4v) is 4.19. The first-order valence-corrected chi connectivity index (χ1v) is 10.0. The fourth-order valence-electron chi connectivity index (χ4n) is 3.38. The van der Waals surface area contributed by atoms with E-state index in [1.165, 1.54) is 6.07 Å². The number of benzene rings is 2. The van der Waals surface area contributed by atoms with Gasteiger partial charge in [0, 0.05) is 18.7 Å². The third kappa shape index (κ3) is 3.89. The topological polar surface area (TPSA) is 101 Å². The molecule has 1 aliphatic heterocycles. The number of hydrogen-bond acceptors (Lipinski definition) is 4. The molecule has 0 radical (unpaired) electrons. The van der Waals surface area contributed by atoms with Crippen LogP contribution in [0.3, 0.4) is 0 Å². The summed E-state index contributed by atoms with van der Waals surface area (Å²) in [6.45, 7) is 2.85. The first kappa shape index (κ1) is 18.4. The number of sulfonamides is 1. The number of nitrogens with zero attached hydrogens (tertiary/aromatic N) is 1. The van der Waals surface area contributed by atoms with E-state index in [2.05, 4.69) is 0 Å². The first-order chi connectivity index (χ1) is 12.3. The van der Waals surface area contributed by atoms with E-state index in [1.54, 1.807) is 36.1 Å². The summed E-state index contributed by atoms with van der Waals surface area (Å²) in [6, 6.07) is 11.8. The van der Waals surface area contributed by atoms with Crippen molar-refractivity contribution in [1.82, 2.24) is 4.90 Å². The van der Waals surface area contributed by atoms with Crippen molar-refractivity contribution in [2.45, 2.75) is 30.6 Å². The molecule has 1 amide bonds. The second kappa shape index (κ2) is 7.09. The van der Waals surface area contributed by atoms with Crippen molar-refractivity contribution < 1.29 is 18.3 Å². The minimum atomic E-state index is -3.86. The zero-order valence-electron chi connectivity index (χ0n) is 14.6. The van der Waals surface area contributed by atoms with E-state index in [1.807, 2.05) is 12.1 Å². The molecule has 2 aromatic carbocycles. The number of piperidine rings is 1. The van der Waals surface area contributed by atoms with Gasteiger partial charge < -0.3 is 10.0 Å². The maximum atomic E-state index is 12.7. The largest absolute Gasteiger partial charge is 0.508 e. The van der Waals surface area contributed by atoms with Gasteiger partial charge in [0.25, 0.3) is 5.91 Å². The molecule has 0 atom stereocenters. The molecule has 0 aromatic heterocycles. The summed E-state index contributed by atoms with van der Waals surface area (Å²) in [4.78, 5) is 14.5. The van der Waals surface area contributed by atoms with Crippen LogP contribution in [0.5, 0.6) is 5.75 Å². The summed E-state index contributed by atoms with van der Waals surface area (Å²) in [5.74, 6) is 0.406. The van der Waals surface area contributed by atoms with Crippen molar-refractivity contribution in [3.05, 3.63) is 59.2 Å². The van der Waals surface area contributed by atoms with Crippen LogP contribution in [-0.2, 0) is 10.0 Å². The molecule has 7 heteroatoms. The SMILES string of the molecule is Cc1ccc(C(=O)N2CCC(c3ccc(O)cc3)CC2)cc1S(N)(=O)=O. The Morgan fingerprint density at radius 1 is 1.12 bits per heavy atom. The molecule has 0 aliphatic carbocycles. The summed E-state index contributed by atoms with van der Waals surface area (Å²) >= 11 is 0. The molecule has 0 spiro atoms. The summed E-state index contributed by atoms with van der Waals surface area (Å²) in [6.07, 6.45) is 1.65. The standard InChI is InChI=1S/C19H22N2O4S/c1-13-2-3-16(12-18(13)26(20,24)25)19(23)21-10-8-15(9-11-21)14-4-6-17(22)7-5-14/h2-7,12,15,22H,8-11H2,1H3,(H2,20,24,25). The number of carbonyl (C=O) groups is 1. The first-order valence-electron chi connectivity index (χ1n) is 8.47. The Morgan fingerprint density at radius 2 is 1.73 bits per heavy atom. The van der Waals surface area contributed by atoms with Crippen LogP contribution in [0.4, 0.5) is 0 Å². The number of phenols is 1. The van der Waals surface area contributed by atoms with Crippen molar-refractivity contribution in [1.29, 1.82) is 0 Å². The smallest absolute Gasteiger partial charge is 0.253 e. The molecule has 0 saturated carbocycles. The van der Waals surface area contributed by atoms with Gasteiger partial charge in [0.2, 0.25) is 10.0 Å². The summed E-state index contributed by atoms with van der Waals surface area (Å²) in [7, 11) is -3.86. The lowest BCUT2D eigenvalue weighted by molar-refractivity contribution is 0.0712. The Kier molecular flexibility index (Phi) is 5.02. The maximum absolute atomic E-state index is 12.7. The maximum Gasteiger partial charge on any atom is 0.253 e. The lowest BCUT2D eigenvalue weighted by atomic mass is 9.89. The molecule has 1 saturated heterocycles. The number of amides is 1. The van der Waals surface area contributed by atoms with Crippen molar-refractivity contribution in [3.8, 4) is 5.75 Å². The average molecular weight is 374 g/mol. The lowest BCUT2D eigenvalue weighted by Crippen LogP contribution is -2.38. The van der Waals surface area contributed by atoms with Gasteiger partial charge in [-0.3, -0.25) is 4.79 Å². The highest BCUT2D eigenvalue weighted by molar-refractivity contribution is 7.89. The van der Waals surface area contributed by atoms with Gasteiger partial charge in [-0.15, -0.1) is 0 Å². The zero-order valence-corrected chi connectivity index (χ0v) is 15.4. The molecule has 2 aromatic rings. The fraction of sp³-hybridized carbons (Fsp3) is 0.316. The molecule has 0 unspecified atom stereocenters. The number of likely N-dealkylation sites (tertiary alicyclic amines) is 1. The van der Waals surface area contributed by atoms with E-state index in [0.717, 1.165) is 18.4 Å². The highest BCUT2D eigenvalue weighted by Crippen LogP contribution is 2.30. The van der Waals surface area contributed by atoms with Gasteiger partial charge in [-0.05, 0) is 61.1 Å². The van der Waals surface area contributed by atoms with Gasteiger partial charge in [0.15, 0.2) is 0 Å². The van der Waals surface area contributed by atoms with Gasteiger partial charge in [-0.1, -0.05) is 18.2 Å². The number of phenolic OH excluding ortho intramolecular Hbond substituents is 1. The zero-order chi connectivity index (χ0) is 18.9. The van der Waals surface area contributed by atoms with E-state index < -0.39 is 10.0 Å². The number of nitrogens with two attached hydrogens (primary N) is 1. The second-order valence-corrected chi connectivity index (χ2v) is 8.21. The molecule has 26 heavy (non-hydrogen) atoms. The third-order valence-electron chi connectivity index (χ3n) is 4.89. The van der Waals surface area contributed by atoms with Crippen molar-refractivity contribution in [2.75, 3.05) is 13.1 Å². The monoisotopic (exact) mass is 374 g/mol. The Labute approximate surface area is 153 Å². The van der Waals surface area contributed by atoms with E-state index in [4.69, 9.17) is 5.14 Å². The number of primary sulfonamides is 1. The van der Waals surface area contributed by atoms with E-state index in [0.29, 0.717) is 30.1 Å².